The summed E-state index contributed by atoms with van der Waals surface area (Å²) in [6.07, 6.45) is 80.6. The van der Waals surface area contributed by atoms with E-state index in [-0.39, 0.29) is 38.6 Å². The average Bonchev–Trinajstić information content (AvgIpc) is 3.40. The van der Waals surface area contributed by atoms with Crippen molar-refractivity contribution >= 4 is 17.9 Å². The number of allylic oxidation sites excluding steroid dienone is 24. The number of hydrogen-bond acceptors (Lipinski definition) is 7. The molecule has 0 aromatic heterocycles. The number of aliphatic carboxylic acids is 1. The second kappa shape index (κ2) is 57.3. The lowest BCUT2D eigenvalue weighted by Crippen LogP contribution is -2.40. The Bertz CT molecular complexity index is 1770. The number of carboxylic acid groups (broad SMARTS) is 1. The summed E-state index contributed by atoms with van der Waals surface area (Å²) in [5.74, 6) is -2.06. The molecule has 0 aliphatic rings. The van der Waals surface area contributed by atoms with E-state index in [9.17, 15) is 19.5 Å². The zero-order valence-corrected chi connectivity index (χ0v) is 49.3. The van der Waals surface area contributed by atoms with Gasteiger partial charge in [-0.3, -0.25) is 9.59 Å². The van der Waals surface area contributed by atoms with E-state index in [0.717, 1.165) is 135 Å². The van der Waals surface area contributed by atoms with E-state index in [4.69, 9.17) is 18.9 Å². The lowest BCUT2D eigenvalue weighted by molar-refractivity contribution is -0.870. The first kappa shape index (κ1) is 72.2. The molecule has 2 atom stereocenters. The highest BCUT2D eigenvalue weighted by Gasteiger charge is 2.25. The summed E-state index contributed by atoms with van der Waals surface area (Å²) in [5.41, 5.74) is 0. The van der Waals surface area contributed by atoms with Crippen LogP contribution in [0.3, 0.4) is 0 Å². The molecule has 0 aromatic carbocycles. The third-order valence-electron chi connectivity index (χ3n) is 12.1. The number of carboxylic acids is 1. The van der Waals surface area contributed by atoms with Crippen LogP contribution in [0.15, 0.2) is 146 Å². The molecule has 0 aliphatic carbocycles. The maximum atomic E-state index is 12.9. The molecular formula is C68H110NO8+. The van der Waals surface area contributed by atoms with Gasteiger partial charge in [0.05, 0.1) is 34.4 Å². The fourth-order valence-corrected chi connectivity index (χ4v) is 7.55. The fourth-order valence-electron chi connectivity index (χ4n) is 7.55. The minimum atomic E-state index is -1.53. The third-order valence-corrected chi connectivity index (χ3v) is 12.1. The van der Waals surface area contributed by atoms with Crippen molar-refractivity contribution in [1.82, 2.24) is 0 Å². The maximum absolute atomic E-state index is 12.9. The number of carbonyl (C=O) groups is 3. The van der Waals surface area contributed by atoms with Crippen molar-refractivity contribution < 1.29 is 42.9 Å². The molecule has 0 saturated heterocycles. The van der Waals surface area contributed by atoms with Gasteiger partial charge in [0.2, 0.25) is 0 Å². The predicted octanol–water partition coefficient (Wildman–Crippen LogP) is 18.0. The number of esters is 2. The number of quaternary nitrogens is 1. The molecule has 9 nitrogen and oxygen atoms in total. The monoisotopic (exact) mass is 1070 g/mol. The summed E-state index contributed by atoms with van der Waals surface area (Å²) in [5, 5.41) is 9.71. The Morgan fingerprint density at radius 1 is 0.390 bits per heavy atom. The van der Waals surface area contributed by atoms with Crippen molar-refractivity contribution in [2.24, 2.45) is 0 Å². The molecule has 0 bridgehead atoms. The molecule has 0 rings (SSSR count). The van der Waals surface area contributed by atoms with Crippen molar-refractivity contribution in [3.63, 3.8) is 0 Å². The summed E-state index contributed by atoms with van der Waals surface area (Å²) in [6.45, 7) is 4.60. The molecule has 0 aromatic rings. The van der Waals surface area contributed by atoms with Gasteiger partial charge < -0.3 is 28.5 Å². The zero-order chi connectivity index (χ0) is 56.2. The summed E-state index contributed by atoms with van der Waals surface area (Å²) in [7, 11) is 5.95. The van der Waals surface area contributed by atoms with Crippen LogP contribution in [0.25, 0.3) is 0 Å². The Balaban J connectivity index is 4.31. The molecule has 0 heterocycles. The van der Waals surface area contributed by atoms with E-state index in [1.54, 1.807) is 0 Å². The highest BCUT2D eigenvalue weighted by molar-refractivity contribution is 5.71. The quantitative estimate of drug-likeness (QED) is 0.0211. The molecule has 0 fully saturated rings. The van der Waals surface area contributed by atoms with Crippen LogP contribution in [0.4, 0.5) is 0 Å². The molecule has 9 heteroatoms. The first-order chi connectivity index (χ1) is 37.6. The first-order valence-corrected chi connectivity index (χ1v) is 30.0. The molecule has 2 unspecified atom stereocenters. The molecule has 0 aliphatic heterocycles. The molecule has 0 amide bonds. The van der Waals surface area contributed by atoms with E-state index < -0.39 is 24.3 Å². The summed E-state index contributed by atoms with van der Waals surface area (Å²) in [6, 6.07) is 0. The molecule has 434 valence electrons. The lowest BCUT2D eigenvalue weighted by Gasteiger charge is -2.25. The topological polar surface area (TPSA) is 108 Å². The average molecular weight is 1070 g/mol. The van der Waals surface area contributed by atoms with Crippen LogP contribution in [0, 0.1) is 0 Å². The van der Waals surface area contributed by atoms with Crippen molar-refractivity contribution in [2.45, 2.75) is 219 Å². The SMILES string of the molecule is CC/C=C\C/C=C\C/C=C\C/C=C\C/C=C\C/C=C\C/C=C\CCCCCCCCCCCC(=O)OC(COC(=O)CCCCCCC/C=C\C/C=C\C/C=C\C/C=C\C/C=C\CC)COC(OCC[N+](C)(C)C)C(=O)O. The Kier molecular flexibility index (Phi) is 53.8. The molecule has 1 N–H and O–H groups in total. The molecule has 77 heavy (non-hydrogen) atoms. The van der Waals surface area contributed by atoms with E-state index in [0.29, 0.717) is 23.9 Å². The molecular weight excluding hydrogens is 959 g/mol. The van der Waals surface area contributed by atoms with E-state index in [1.165, 1.54) is 32.1 Å². The van der Waals surface area contributed by atoms with Gasteiger partial charge in [-0.15, -0.1) is 0 Å². The number of carbonyl (C=O) groups excluding carboxylic acids is 2. The van der Waals surface area contributed by atoms with Crippen LogP contribution in [-0.2, 0) is 33.3 Å². The van der Waals surface area contributed by atoms with Crippen LogP contribution >= 0.6 is 0 Å². The van der Waals surface area contributed by atoms with E-state index in [1.807, 2.05) is 21.1 Å². The number of likely N-dealkylation sites (N-methyl/N-ethyl adjacent to an activating group) is 1. The molecule has 0 radical (unpaired) electrons. The Morgan fingerprint density at radius 3 is 1.04 bits per heavy atom. The van der Waals surface area contributed by atoms with Crippen LogP contribution in [-0.4, -0.2) is 87.4 Å². The largest absolute Gasteiger partial charge is 0.477 e. The number of rotatable bonds is 53. The van der Waals surface area contributed by atoms with Gasteiger partial charge in [0.15, 0.2) is 6.10 Å². The van der Waals surface area contributed by atoms with Crippen molar-refractivity contribution in [3.05, 3.63) is 146 Å². The standard InChI is InChI=1S/C68H109NO8/c1-6-8-10-12-14-16-18-20-22-24-26-28-29-30-31-32-33-34-35-36-37-39-41-43-45-47-49-51-53-55-57-59-66(71)77-64(63-76-68(67(72)73)74-61-60-69(3,4)5)62-75-65(70)58-56-54-52-50-48-46-44-42-40-38-27-25-23-21-19-17-15-13-11-9-7-2/h8-11,14-17,20-23,26-28,30-31,33-34,36-38,42,44,64,68H,6-7,12-13,18-19,24-25,29,32,35,39-41,43,45-63H2,1-5H3/p+1/b10-8-,11-9-,16-14-,17-15-,22-20-,23-21-,28-26-,31-30-,34-33-,37-36-,38-27-,44-42-. The highest BCUT2D eigenvalue weighted by atomic mass is 16.7. The Labute approximate surface area is 471 Å². The summed E-state index contributed by atoms with van der Waals surface area (Å²) < 4.78 is 22.9. The summed E-state index contributed by atoms with van der Waals surface area (Å²) >= 11 is 0. The predicted molar refractivity (Wildman–Crippen MR) is 327 cm³/mol. The van der Waals surface area contributed by atoms with Gasteiger partial charge >= 0.3 is 17.9 Å². The lowest BCUT2D eigenvalue weighted by atomic mass is 10.1. The number of nitrogens with zero attached hydrogens (tertiary/aromatic N) is 1. The van der Waals surface area contributed by atoms with Crippen molar-refractivity contribution in [2.75, 3.05) is 47.5 Å². The second-order valence-corrected chi connectivity index (χ2v) is 20.5. The van der Waals surface area contributed by atoms with E-state index in [2.05, 4.69) is 160 Å². The number of ether oxygens (including phenoxy) is 4. The van der Waals surface area contributed by atoms with Gasteiger partial charge in [0.25, 0.3) is 6.29 Å². The van der Waals surface area contributed by atoms with Crippen LogP contribution in [0.5, 0.6) is 0 Å². The minimum Gasteiger partial charge on any atom is -0.477 e. The van der Waals surface area contributed by atoms with Crippen molar-refractivity contribution in [1.29, 1.82) is 0 Å². The minimum absolute atomic E-state index is 0.174. The van der Waals surface area contributed by atoms with Crippen LogP contribution in [0.2, 0.25) is 0 Å². The van der Waals surface area contributed by atoms with Crippen LogP contribution < -0.4 is 0 Å². The summed E-state index contributed by atoms with van der Waals surface area (Å²) in [4.78, 5) is 37.5. The van der Waals surface area contributed by atoms with E-state index >= 15 is 0 Å². The van der Waals surface area contributed by atoms with Gasteiger partial charge in [-0.25, -0.2) is 4.79 Å². The zero-order valence-electron chi connectivity index (χ0n) is 49.3. The van der Waals surface area contributed by atoms with Crippen molar-refractivity contribution in [3.8, 4) is 0 Å². The highest BCUT2D eigenvalue weighted by Crippen LogP contribution is 2.14. The fraction of sp³-hybridized carbons (Fsp3) is 0.603. The van der Waals surface area contributed by atoms with Gasteiger partial charge in [-0.1, -0.05) is 224 Å². The molecule has 0 saturated carbocycles. The molecule has 0 spiro atoms. The van der Waals surface area contributed by atoms with Gasteiger partial charge in [-0.05, 0) is 116 Å². The Hall–Kier alpha value is -4.83. The third kappa shape index (κ3) is 58.7. The van der Waals surface area contributed by atoms with Gasteiger partial charge in [0, 0.05) is 12.8 Å². The smallest absolute Gasteiger partial charge is 0.361 e. The Morgan fingerprint density at radius 2 is 0.701 bits per heavy atom. The second-order valence-electron chi connectivity index (χ2n) is 20.5. The van der Waals surface area contributed by atoms with Crippen LogP contribution in [0.1, 0.15) is 206 Å². The van der Waals surface area contributed by atoms with Gasteiger partial charge in [0.1, 0.15) is 13.2 Å². The van der Waals surface area contributed by atoms with Gasteiger partial charge in [-0.2, -0.15) is 0 Å². The maximum Gasteiger partial charge on any atom is 0.361 e. The number of hydrogen-bond donors (Lipinski definition) is 1. The normalized spacial score (nSPS) is 13.8. The first-order valence-electron chi connectivity index (χ1n) is 30.0. The number of unbranched alkanes of at least 4 members (excludes halogenated alkanes) is 14.